The highest BCUT2D eigenvalue weighted by atomic mass is 19.3. The lowest BCUT2D eigenvalue weighted by Crippen LogP contribution is -2.38. The van der Waals surface area contributed by atoms with E-state index in [0.29, 0.717) is 36.0 Å². The molecule has 2 aromatic rings. The molecule has 0 bridgehead atoms. The number of halogens is 2. The number of ether oxygens (including phenoxy) is 2. The third-order valence-corrected chi connectivity index (χ3v) is 4.79. The lowest BCUT2D eigenvalue weighted by Gasteiger charge is -2.18. The van der Waals surface area contributed by atoms with E-state index in [-0.39, 0.29) is 19.0 Å². The molecule has 0 spiro atoms. The van der Waals surface area contributed by atoms with Crippen molar-refractivity contribution in [3.8, 4) is 17.1 Å². The Morgan fingerprint density at radius 1 is 1.41 bits per heavy atom. The average Bonchev–Trinajstić information content (AvgIpc) is 3.19. The van der Waals surface area contributed by atoms with Crippen LogP contribution in [0.5, 0.6) is 5.75 Å². The monoisotopic (exact) mass is 407 g/mol. The Morgan fingerprint density at radius 2 is 2.21 bits per heavy atom. The summed E-state index contributed by atoms with van der Waals surface area (Å²) in [6.45, 7) is 2.17. The molecule has 1 aromatic carbocycles. The Hall–Kier alpha value is -3.37. The standard InChI is InChI=1S/C18H19F2N5O4/c1-9-4-10(22-6-13(21)26)5-12-15(9)17-23-14(7-24(17)2-3-28-12)25-11(16(19)20)8-29-18(25)27/h4-5,7,11,16,22H,2-3,6,8H2,1H3,(H2,21,26). The molecular weight excluding hydrogens is 388 g/mol. The van der Waals surface area contributed by atoms with Gasteiger partial charge in [0.05, 0.1) is 18.7 Å². The Balaban J connectivity index is 1.74. The second-order valence-electron chi connectivity index (χ2n) is 6.80. The molecule has 2 amide bonds. The van der Waals surface area contributed by atoms with Crippen molar-refractivity contribution in [2.45, 2.75) is 25.9 Å². The van der Waals surface area contributed by atoms with Crippen molar-refractivity contribution in [2.24, 2.45) is 5.73 Å². The summed E-state index contributed by atoms with van der Waals surface area (Å²) in [6, 6.07) is 2.15. The lowest BCUT2D eigenvalue weighted by molar-refractivity contribution is -0.116. The van der Waals surface area contributed by atoms with Crippen molar-refractivity contribution in [1.29, 1.82) is 0 Å². The predicted molar refractivity (Wildman–Crippen MR) is 99.2 cm³/mol. The normalized spacial score (nSPS) is 18.0. The highest BCUT2D eigenvalue weighted by Gasteiger charge is 2.42. The maximum atomic E-state index is 13.3. The molecule has 1 saturated heterocycles. The zero-order valence-corrected chi connectivity index (χ0v) is 15.5. The van der Waals surface area contributed by atoms with Crippen LogP contribution in [0.2, 0.25) is 0 Å². The Morgan fingerprint density at radius 3 is 2.93 bits per heavy atom. The SMILES string of the molecule is Cc1cc(NCC(N)=O)cc2c1-c1nc(N3C(=O)OCC3C(F)F)cn1CCO2. The van der Waals surface area contributed by atoms with Gasteiger partial charge < -0.3 is 25.1 Å². The number of carbonyl (C=O) groups excluding carboxylic acids is 2. The fraction of sp³-hybridized carbons (Fsp3) is 0.389. The molecule has 1 fully saturated rings. The molecule has 1 aromatic heterocycles. The van der Waals surface area contributed by atoms with Crippen LogP contribution in [0, 0.1) is 6.92 Å². The van der Waals surface area contributed by atoms with Crippen molar-refractivity contribution < 1.29 is 27.8 Å². The van der Waals surface area contributed by atoms with Gasteiger partial charge in [-0.3, -0.25) is 4.79 Å². The molecule has 2 aliphatic rings. The summed E-state index contributed by atoms with van der Waals surface area (Å²) in [5.74, 6) is 0.641. The van der Waals surface area contributed by atoms with Gasteiger partial charge in [0.15, 0.2) is 5.82 Å². The highest BCUT2D eigenvalue weighted by molar-refractivity contribution is 5.90. The molecule has 9 nitrogen and oxygen atoms in total. The summed E-state index contributed by atoms with van der Waals surface area (Å²) in [7, 11) is 0. The average molecular weight is 407 g/mol. The van der Waals surface area contributed by atoms with E-state index in [1.807, 2.05) is 6.92 Å². The number of carbonyl (C=O) groups is 2. The minimum Gasteiger partial charge on any atom is -0.491 e. The Labute approximate surface area is 164 Å². The quantitative estimate of drug-likeness (QED) is 0.781. The number of imidazole rings is 1. The zero-order chi connectivity index (χ0) is 20.7. The Bertz CT molecular complexity index is 977. The van der Waals surface area contributed by atoms with Gasteiger partial charge >= 0.3 is 6.09 Å². The van der Waals surface area contributed by atoms with E-state index in [9.17, 15) is 18.4 Å². The van der Waals surface area contributed by atoms with E-state index < -0.39 is 24.5 Å². The number of aromatic nitrogens is 2. The fourth-order valence-electron chi connectivity index (χ4n) is 3.47. The molecule has 3 N–H and O–H groups in total. The van der Waals surface area contributed by atoms with Crippen LogP contribution in [0.3, 0.4) is 0 Å². The molecule has 0 radical (unpaired) electrons. The third kappa shape index (κ3) is 3.43. The second kappa shape index (κ2) is 7.22. The van der Waals surface area contributed by atoms with Gasteiger partial charge in [0.1, 0.15) is 30.8 Å². The number of nitrogens with zero attached hydrogens (tertiary/aromatic N) is 3. The number of nitrogens with two attached hydrogens (primary N) is 1. The molecule has 2 aliphatic heterocycles. The molecular formula is C18H19F2N5O4. The van der Waals surface area contributed by atoms with Gasteiger partial charge in [-0.2, -0.15) is 0 Å². The number of alkyl halides is 2. The number of anilines is 2. The van der Waals surface area contributed by atoms with Crippen LogP contribution in [-0.2, 0) is 16.1 Å². The van der Waals surface area contributed by atoms with E-state index in [1.165, 1.54) is 0 Å². The van der Waals surface area contributed by atoms with Gasteiger partial charge in [-0.1, -0.05) is 0 Å². The fourth-order valence-corrected chi connectivity index (χ4v) is 3.47. The first-order valence-electron chi connectivity index (χ1n) is 8.96. The van der Waals surface area contributed by atoms with E-state index in [4.69, 9.17) is 15.2 Å². The largest absolute Gasteiger partial charge is 0.491 e. The maximum Gasteiger partial charge on any atom is 0.416 e. The Kier molecular flexibility index (Phi) is 4.73. The summed E-state index contributed by atoms with van der Waals surface area (Å²) in [4.78, 5) is 28.4. The number of fused-ring (bicyclic) bond motifs is 3. The minimum absolute atomic E-state index is 0.0247. The predicted octanol–water partition coefficient (Wildman–Crippen LogP) is 1.74. The zero-order valence-electron chi connectivity index (χ0n) is 15.5. The smallest absolute Gasteiger partial charge is 0.416 e. The topological polar surface area (TPSA) is 112 Å². The van der Waals surface area contributed by atoms with Crippen molar-refractivity contribution >= 4 is 23.5 Å². The van der Waals surface area contributed by atoms with Gasteiger partial charge in [-0.15, -0.1) is 0 Å². The van der Waals surface area contributed by atoms with Crippen molar-refractivity contribution in [1.82, 2.24) is 9.55 Å². The first-order valence-corrected chi connectivity index (χ1v) is 8.96. The third-order valence-electron chi connectivity index (χ3n) is 4.79. The van der Waals surface area contributed by atoms with E-state index in [0.717, 1.165) is 10.5 Å². The first kappa shape index (κ1) is 19.0. The first-order chi connectivity index (χ1) is 13.8. The molecule has 0 aliphatic carbocycles. The van der Waals surface area contributed by atoms with Gasteiger partial charge in [0, 0.05) is 18.0 Å². The molecule has 11 heteroatoms. The van der Waals surface area contributed by atoms with Gasteiger partial charge in [0.25, 0.3) is 6.43 Å². The van der Waals surface area contributed by atoms with Gasteiger partial charge in [-0.25, -0.2) is 23.5 Å². The molecule has 1 unspecified atom stereocenters. The van der Waals surface area contributed by atoms with Crippen molar-refractivity contribution in [3.05, 3.63) is 23.9 Å². The summed E-state index contributed by atoms with van der Waals surface area (Å²) in [5, 5.41) is 2.92. The summed E-state index contributed by atoms with van der Waals surface area (Å²) >= 11 is 0. The number of cyclic esters (lactones) is 1. The summed E-state index contributed by atoms with van der Waals surface area (Å²) in [5.41, 5.74) is 7.30. The van der Waals surface area contributed by atoms with Crippen LogP contribution < -0.4 is 20.7 Å². The van der Waals surface area contributed by atoms with E-state index in [2.05, 4.69) is 10.3 Å². The van der Waals surface area contributed by atoms with Crippen LogP contribution in [0.1, 0.15) is 5.56 Å². The highest BCUT2D eigenvalue weighted by Crippen LogP contribution is 2.39. The maximum absolute atomic E-state index is 13.3. The van der Waals surface area contributed by atoms with Crippen molar-refractivity contribution in [3.63, 3.8) is 0 Å². The van der Waals surface area contributed by atoms with Crippen LogP contribution in [-0.4, -0.2) is 53.8 Å². The van der Waals surface area contributed by atoms with Crippen LogP contribution in [0.4, 0.5) is 25.1 Å². The number of aryl methyl sites for hydroxylation is 1. The number of nitrogens with one attached hydrogen (secondary N) is 1. The van der Waals surface area contributed by atoms with E-state index >= 15 is 0 Å². The lowest BCUT2D eigenvalue weighted by atomic mass is 10.1. The minimum atomic E-state index is -2.75. The van der Waals surface area contributed by atoms with Crippen LogP contribution in [0.15, 0.2) is 18.3 Å². The number of hydrogen-bond acceptors (Lipinski definition) is 6. The second-order valence-corrected chi connectivity index (χ2v) is 6.80. The molecule has 0 saturated carbocycles. The van der Waals surface area contributed by atoms with E-state index in [1.54, 1.807) is 22.9 Å². The molecule has 29 heavy (non-hydrogen) atoms. The van der Waals surface area contributed by atoms with Crippen molar-refractivity contribution in [2.75, 3.05) is 30.0 Å². The summed E-state index contributed by atoms with van der Waals surface area (Å²) in [6.07, 6.45) is -2.05. The van der Waals surface area contributed by atoms with Gasteiger partial charge in [0.2, 0.25) is 5.91 Å². The number of amides is 2. The molecule has 154 valence electrons. The number of benzene rings is 1. The molecule has 4 rings (SSSR count). The number of primary amides is 1. The number of rotatable bonds is 5. The summed E-state index contributed by atoms with van der Waals surface area (Å²) < 4.78 is 39.0. The molecule has 3 heterocycles. The van der Waals surface area contributed by atoms with Crippen LogP contribution >= 0.6 is 0 Å². The molecule has 1 atom stereocenters. The number of hydrogen-bond donors (Lipinski definition) is 2. The van der Waals surface area contributed by atoms with Gasteiger partial charge in [-0.05, 0) is 18.6 Å². The van der Waals surface area contributed by atoms with Crippen LogP contribution in [0.25, 0.3) is 11.4 Å².